The second kappa shape index (κ2) is 5.54. The smallest absolute Gasteiger partial charge is 0.161 e. The van der Waals surface area contributed by atoms with Gasteiger partial charge in [-0.2, -0.15) is 0 Å². The molecule has 0 bridgehead atoms. The van der Waals surface area contributed by atoms with Crippen LogP contribution in [0.1, 0.15) is 24.7 Å². The average Bonchev–Trinajstić information content (AvgIpc) is 3.16. The number of H-pyrrole nitrogens is 1. The first-order valence-electron chi connectivity index (χ1n) is 6.82. The third-order valence-electron chi connectivity index (χ3n) is 3.68. The van der Waals surface area contributed by atoms with Crippen molar-refractivity contribution in [2.24, 2.45) is 0 Å². The monoisotopic (exact) mass is 273 g/mol. The third kappa shape index (κ3) is 2.36. The summed E-state index contributed by atoms with van der Waals surface area (Å²) < 4.78 is 10.6. The van der Waals surface area contributed by atoms with Crippen LogP contribution in [0.3, 0.4) is 0 Å². The van der Waals surface area contributed by atoms with Crippen LogP contribution in [0.4, 0.5) is 0 Å². The summed E-state index contributed by atoms with van der Waals surface area (Å²) in [6.07, 6.45) is 4.21. The van der Waals surface area contributed by atoms with Gasteiger partial charge in [-0.15, -0.1) is 0 Å². The van der Waals surface area contributed by atoms with Crippen LogP contribution >= 0.6 is 0 Å². The number of hydrogen-bond donors (Lipinski definition) is 2. The van der Waals surface area contributed by atoms with Crippen molar-refractivity contribution >= 4 is 0 Å². The topological polar surface area (TPSA) is 59.2 Å². The Labute approximate surface area is 118 Å². The van der Waals surface area contributed by atoms with Crippen molar-refractivity contribution in [3.05, 3.63) is 30.2 Å². The molecule has 1 fully saturated rings. The van der Waals surface area contributed by atoms with Crippen LogP contribution < -0.4 is 14.8 Å². The lowest BCUT2D eigenvalue weighted by Gasteiger charge is -2.09. The van der Waals surface area contributed by atoms with E-state index in [0.29, 0.717) is 6.04 Å². The van der Waals surface area contributed by atoms with E-state index in [9.17, 15) is 0 Å². The standard InChI is InChI=1S/C15H19N3O2/c1-19-13-6-5-10(8-14(13)20-2)12-9-17-15(18-12)11-4-3-7-16-11/h5-6,8-9,11,16H,3-4,7H2,1-2H3,(H,17,18). The van der Waals surface area contributed by atoms with Gasteiger partial charge in [-0.3, -0.25) is 0 Å². The molecule has 5 nitrogen and oxygen atoms in total. The molecule has 1 atom stereocenters. The van der Waals surface area contributed by atoms with Crippen LogP contribution in [0.15, 0.2) is 24.4 Å². The quantitative estimate of drug-likeness (QED) is 0.898. The Morgan fingerprint density at radius 1 is 1.20 bits per heavy atom. The van der Waals surface area contributed by atoms with Gasteiger partial charge in [-0.1, -0.05) is 0 Å². The molecule has 2 N–H and O–H groups in total. The minimum Gasteiger partial charge on any atom is -0.493 e. The zero-order valence-electron chi connectivity index (χ0n) is 11.8. The Hall–Kier alpha value is -2.01. The lowest BCUT2D eigenvalue weighted by molar-refractivity contribution is 0.355. The molecular weight excluding hydrogens is 254 g/mol. The molecule has 0 radical (unpaired) electrons. The Balaban J connectivity index is 1.88. The molecule has 1 aromatic heterocycles. The van der Waals surface area contributed by atoms with Crippen LogP contribution in [0.25, 0.3) is 11.3 Å². The summed E-state index contributed by atoms with van der Waals surface area (Å²) in [6.45, 7) is 1.07. The molecule has 2 heterocycles. The van der Waals surface area contributed by atoms with Gasteiger partial charge in [0.15, 0.2) is 11.5 Å². The van der Waals surface area contributed by atoms with E-state index in [-0.39, 0.29) is 0 Å². The van der Waals surface area contributed by atoms with Crippen molar-refractivity contribution in [2.75, 3.05) is 20.8 Å². The van der Waals surface area contributed by atoms with E-state index < -0.39 is 0 Å². The minimum atomic E-state index is 0.351. The summed E-state index contributed by atoms with van der Waals surface area (Å²) in [7, 11) is 3.28. The third-order valence-corrected chi connectivity index (χ3v) is 3.68. The molecule has 20 heavy (non-hydrogen) atoms. The van der Waals surface area contributed by atoms with Crippen LogP contribution in [-0.4, -0.2) is 30.7 Å². The van der Waals surface area contributed by atoms with E-state index in [1.165, 1.54) is 6.42 Å². The summed E-state index contributed by atoms with van der Waals surface area (Å²) >= 11 is 0. The van der Waals surface area contributed by atoms with Gasteiger partial charge in [-0.05, 0) is 37.6 Å². The van der Waals surface area contributed by atoms with E-state index in [4.69, 9.17) is 9.47 Å². The highest BCUT2D eigenvalue weighted by Crippen LogP contribution is 2.32. The fourth-order valence-electron chi connectivity index (χ4n) is 2.58. The fraction of sp³-hybridized carbons (Fsp3) is 0.400. The van der Waals surface area contributed by atoms with Gasteiger partial charge in [0.2, 0.25) is 0 Å². The zero-order chi connectivity index (χ0) is 13.9. The number of hydrogen-bond acceptors (Lipinski definition) is 4. The van der Waals surface area contributed by atoms with Crippen molar-refractivity contribution in [1.82, 2.24) is 15.3 Å². The summed E-state index contributed by atoms with van der Waals surface area (Å²) in [5, 5.41) is 3.44. The maximum Gasteiger partial charge on any atom is 0.161 e. The number of methoxy groups -OCH3 is 2. The second-order valence-electron chi connectivity index (χ2n) is 4.90. The number of rotatable bonds is 4. The lowest BCUT2D eigenvalue weighted by Crippen LogP contribution is -2.14. The number of nitrogens with zero attached hydrogens (tertiary/aromatic N) is 1. The maximum absolute atomic E-state index is 5.33. The van der Waals surface area contributed by atoms with Gasteiger partial charge in [0, 0.05) is 5.56 Å². The number of benzene rings is 1. The van der Waals surface area contributed by atoms with Crippen molar-refractivity contribution in [2.45, 2.75) is 18.9 Å². The number of imidazole rings is 1. The van der Waals surface area contributed by atoms with Crippen molar-refractivity contribution in [1.29, 1.82) is 0 Å². The highest BCUT2D eigenvalue weighted by molar-refractivity contribution is 5.63. The highest BCUT2D eigenvalue weighted by Gasteiger charge is 2.19. The van der Waals surface area contributed by atoms with Gasteiger partial charge in [0.25, 0.3) is 0 Å². The lowest BCUT2D eigenvalue weighted by atomic mass is 10.1. The molecule has 3 rings (SSSR count). The largest absolute Gasteiger partial charge is 0.493 e. The average molecular weight is 273 g/mol. The molecule has 1 saturated heterocycles. The molecule has 1 aliphatic rings. The molecule has 0 spiro atoms. The van der Waals surface area contributed by atoms with Crippen molar-refractivity contribution in [3.8, 4) is 22.8 Å². The number of ether oxygens (including phenoxy) is 2. The first kappa shape index (κ1) is 13.0. The molecule has 1 aromatic carbocycles. The fourth-order valence-corrected chi connectivity index (χ4v) is 2.58. The first-order valence-corrected chi connectivity index (χ1v) is 6.82. The normalized spacial score (nSPS) is 18.2. The Morgan fingerprint density at radius 3 is 2.75 bits per heavy atom. The molecule has 0 aliphatic carbocycles. The zero-order valence-corrected chi connectivity index (χ0v) is 11.8. The number of nitrogens with one attached hydrogen (secondary N) is 2. The van der Waals surface area contributed by atoms with E-state index in [1.54, 1.807) is 14.2 Å². The number of aromatic amines is 1. The van der Waals surface area contributed by atoms with Gasteiger partial charge in [0.1, 0.15) is 5.82 Å². The molecule has 1 aliphatic heterocycles. The SMILES string of the molecule is COc1ccc(-c2cnc(C3CCCN3)[nH]2)cc1OC. The van der Waals surface area contributed by atoms with Gasteiger partial charge in [-0.25, -0.2) is 4.98 Å². The van der Waals surface area contributed by atoms with Crippen LogP contribution in [0.5, 0.6) is 11.5 Å². The molecule has 1 unspecified atom stereocenters. The molecule has 106 valence electrons. The van der Waals surface area contributed by atoms with E-state index in [2.05, 4.69) is 15.3 Å². The number of aromatic nitrogens is 2. The minimum absolute atomic E-state index is 0.351. The van der Waals surface area contributed by atoms with Crippen molar-refractivity contribution in [3.63, 3.8) is 0 Å². The van der Waals surface area contributed by atoms with Crippen LogP contribution in [0.2, 0.25) is 0 Å². The predicted octanol–water partition coefficient (Wildman–Crippen LogP) is 2.52. The van der Waals surface area contributed by atoms with Crippen molar-refractivity contribution < 1.29 is 9.47 Å². The Morgan fingerprint density at radius 2 is 2.05 bits per heavy atom. The van der Waals surface area contributed by atoms with E-state index in [1.807, 2.05) is 24.4 Å². The summed E-state index contributed by atoms with van der Waals surface area (Å²) in [6, 6.07) is 6.21. The summed E-state index contributed by atoms with van der Waals surface area (Å²) in [5.41, 5.74) is 2.04. The van der Waals surface area contributed by atoms with Gasteiger partial charge < -0.3 is 19.8 Å². The van der Waals surface area contributed by atoms with E-state index in [0.717, 1.165) is 41.5 Å². The summed E-state index contributed by atoms with van der Waals surface area (Å²) in [4.78, 5) is 7.87. The Bertz CT molecular complexity index is 589. The van der Waals surface area contributed by atoms with Crippen LogP contribution in [-0.2, 0) is 0 Å². The Kier molecular flexibility index (Phi) is 3.60. The molecular formula is C15H19N3O2. The molecule has 2 aromatic rings. The predicted molar refractivity (Wildman–Crippen MR) is 77.1 cm³/mol. The molecule has 5 heteroatoms. The van der Waals surface area contributed by atoms with Gasteiger partial charge >= 0.3 is 0 Å². The molecule has 0 saturated carbocycles. The highest BCUT2D eigenvalue weighted by atomic mass is 16.5. The van der Waals surface area contributed by atoms with Gasteiger partial charge in [0.05, 0.1) is 32.2 Å². The maximum atomic E-state index is 5.33. The summed E-state index contributed by atoms with van der Waals surface area (Å²) in [5.74, 6) is 2.46. The molecule has 0 amide bonds. The first-order chi connectivity index (χ1) is 9.81. The second-order valence-corrected chi connectivity index (χ2v) is 4.90. The van der Waals surface area contributed by atoms with Crippen LogP contribution in [0, 0.1) is 0 Å². The van der Waals surface area contributed by atoms with E-state index >= 15 is 0 Å².